The normalized spacial score (nSPS) is 42.0. The first-order chi connectivity index (χ1) is 5.11. The van der Waals surface area contributed by atoms with E-state index in [-0.39, 0.29) is 6.10 Å². The SMILES string of the molecule is CC(I)[C@H]1CC[C@H](C)C[C@@H]1O. The highest BCUT2D eigenvalue weighted by Gasteiger charge is 2.29. The van der Waals surface area contributed by atoms with Gasteiger partial charge in [-0.25, -0.2) is 0 Å². The van der Waals surface area contributed by atoms with E-state index in [1.807, 2.05) is 0 Å². The fourth-order valence-electron chi connectivity index (χ4n) is 1.91. The lowest BCUT2D eigenvalue weighted by atomic mass is 9.79. The van der Waals surface area contributed by atoms with Gasteiger partial charge in [-0.2, -0.15) is 0 Å². The molecule has 2 heteroatoms. The van der Waals surface area contributed by atoms with E-state index in [1.165, 1.54) is 12.8 Å². The Morgan fingerprint density at radius 1 is 1.45 bits per heavy atom. The summed E-state index contributed by atoms with van der Waals surface area (Å²) in [4.78, 5) is 0. The summed E-state index contributed by atoms with van der Waals surface area (Å²) in [7, 11) is 0. The van der Waals surface area contributed by atoms with Crippen LogP contribution in [0.15, 0.2) is 0 Å². The Labute approximate surface area is 82.7 Å². The van der Waals surface area contributed by atoms with Crippen LogP contribution in [0.3, 0.4) is 0 Å². The van der Waals surface area contributed by atoms with Crippen LogP contribution in [0.25, 0.3) is 0 Å². The van der Waals surface area contributed by atoms with Gasteiger partial charge in [-0.05, 0) is 24.7 Å². The number of aliphatic hydroxyl groups is 1. The van der Waals surface area contributed by atoms with Gasteiger partial charge in [0.15, 0.2) is 0 Å². The van der Waals surface area contributed by atoms with Crippen LogP contribution >= 0.6 is 22.6 Å². The van der Waals surface area contributed by atoms with Crippen molar-refractivity contribution < 1.29 is 5.11 Å². The van der Waals surface area contributed by atoms with Crippen LogP contribution in [0.5, 0.6) is 0 Å². The molecule has 0 heterocycles. The maximum atomic E-state index is 9.70. The fourth-order valence-corrected chi connectivity index (χ4v) is 2.75. The number of aliphatic hydroxyl groups excluding tert-OH is 1. The molecule has 1 aliphatic rings. The van der Waals surface area contributed by atoms with Gasteiger partial charge in [0.1, 0.15) is 0 Å². The standard InChI is InChI=1S/C9H17IO/c1-6-3-4-8(7(2)10)9(11)5-6/h6-9,11H,3-5H2,1-2H3/t6-,7?,8+,9-/m0/s1. The lowest BCUT2D eigenvalue weighted by molar-refractivity contribution is 0.0518. The summed E-state index contributed by atoms with van der Waals surface area (Å²) in [5, 5.41) is 9.70. The third-order valence-corrected chi connectivity index (χ3v) is 3.64. The van der Waals surface area contributed by atoms with E-state index < -0.39 is 0 Å². The largest absolute Gasteiger partial charge is 0.393 e. The van der Waals surface area contributed by atoms with Gasteiger partial charge in [-0.1, -0.05) is 42.9 Å². The zero-order valence-electron chi connectivity index (χ0n) is 7.26. The molecule has 1 fully saturated rings. The highest BCUT2D eigenvalue weighted by Crippen LogP contribution is 2.33. The van der Waals surface area contributed by atoms with Crippen molar-refractivity contribution in [3.05, 3.63) is 0 Å². The molecule has 1 rings (SSSR count). The number of alkyl halides is 1. The van der Waals surface area contributed by atoms with Crippen molar-refractivity contribution in [1.29, 1.82) is 0 Å². The van der Waals surface area contributed by atoms with E-state index in [0.29, 0.717) is 9.84 Å². The van der Waals surface area contributed by atoms with E-state index >= 15 is 0 Å². The first-order valence-electron chi connectivity index (χ1n) is 4.43. The lowest BCUT2D eigenvalue weighted by Crippen LogP contribution is -2.32. The predicted molar refractivity (Wildman–Crippen MR) is 56.0 cm³/mol. The van der Waals surface area contributed by atoms with Crippen molar-refractivity contribution in [2.45, 2.75) is 43.1 Å². The Hall–Kier alpha value is 0.690. The molecule has 0 aliphatic heterocycles. The molecule has 66 valence electrons. The molecule has 0 spiro atoms. The van der Waals surface area contributed by atoms with Crippen LogP contribution in [-0.4, -0.2) is 15.1 Å². The molecule has 0 aromatic carbocycles. The summed E-state index contributed by atoms with van der Waals surface area (Å²) in [6.45, 7) is 4.43. The van der Waals surface area contributed by atoms with E-state index in [1.54, 1.807) is 0 Å². The molecule has 1 saturated carbocycles. The maximum absolute atomic E-state index is 9.70. The average molecular weight is 268 g/mol. The second-order valence-electron chi connectivity index (χ2n) is 3.83. The van der Waals surface area contributed by atoms with Crippen LogP contribution in [0.2, 0.25) is 0 Å². The molecule has 1 nitrogen and oxygen atoms in total. The molecular weight excluding hydrogens is 251 g/mol. The van der Waals surface area contributed by atoms with Gasteiger partial charge in [-0.3, -0.25) is 0 Å². The first-order valence-corrected chi connectivity index (χ1v) is 5.68. The van der Waals surface area contributed by atoms with Crippen LogP contribution in [0.1, 0.15) is 33.1 Å². The predicted octanol–water partition coefficient (Wildman–Crippen LogP) is 2.61. The van der Waals surface area contributed by atoms with Gasteiger partial charge in [0.05, 0.1) is 6.10 Å². The zero-order chi connectivity index (χ0) is 8.43. The summed E-state index contributed by atoms with van der Waals surface area (Å²) in [6.07, 6.45) is 3.49. The number of hydrogen-bond acceptors (Lipinski definition) is 1. The van der Waals surface area contributed by atoms with E-state index in [2.05, 4.69) is 36.4 Å². The Kier molecular flexibility index (Phi) is 3.62. The minimum Gasteiger partial charge on any atom is -0.393 e. The number of hydrogen-bond donors (Lipinski definition) is 1. The van der Waals surface area contributed by atoms with Crippen molar-refractivity contribution in [2.75, 3.05) is 0 Å². The summed E-state index contributed by atoms with van der Waals surface area (Å²) in [5.74, 6) is 1.28. The maximum Gasteiger partial charge on any atom is 0.0580 e. The van der Waals surface area contributed by atoms with Crippen molar-refractivity contribution in [2.24, 2.45) is 11.8 Å². The van der Waals surface area contributed by atoms with Gasteiger partial charge in [0, 0.05) is 3.92 Å². The van der Waals surface area contributed by atoms with Crippen molar-refractivity contribution in [3.8, 4) is 0 Å². The highest BCUT2D eigenvalue weighted by atomic mass is 127. The minimum atomic E-state index is -0.0364. The molecule has 4 atom stereocenters. The molecule has 1 N–H and O–H groups in total. The smallest absolute Gasteiger partial charge is 0.0580 e. The van der Waals surface area contributed by atoms with Crippen LogP contribution in [0.4, 0.5) is 0 Å². The van der Waals surface area contributed by atoms with Gasteiger partial charge in [0.25, 0.3) is 0 Å². The molecule has 11 heavy (non-hydrogen) atoms. The molecule has 0 aromatic heterocycles. The third-order valence-electron chi connectivity index (χ3n) is 2.72. The number of halogens is 1. The van der Waals surface area contributed by atoms with Crippen molar-refractivity contribution >= 4 is 22.6 Å². The highest BCUT2D eigenvalue weighted by molar-refractivity contribution is 14.1. The van der Waals surface area contributed by atoms with Gasteiger partial charge >= 0.3 is 0 Å². The van der Waals surface area contributed by atoms with Gasteiger partial charge in [0.2, 0.25) is 0 Å². The lowest BCUT2D eigenvalue weighted by Gasteiger charge is -2.33. The van der Waals surface area contributed by atoms with Crippen LogP contribution in [0, 0.1) is 11.8 Å². The molecule has 0 saturated heterocycles. The molecule has 0 bridgehead atoms. The van der Waals surface area contributed by atoms with Crippen LogP contribution in [-0.2, 0) is 0 Å². The fraction of sp³-hybridized carbons (Fsp3) is 1.00. The Bertz CT molecular complexity index is 125. The topological polar surface area (TPSA) is 20.2 Å². The Morgan fingerprint density at radius 2 is 2.09 bits per heavy atom. The summed E-state index contributed by atoms with van der Waals surface area (Å²) in [5.41, 5.74) is 0. The van der Waals surface area contributed by atoms with Crippen LogP contribution < -0.4 is 0 Å². The summed E-state index contributed by atoms with van der Waals surface area (Å²) >= 11 is 2.42. The number of rotatable bonds is 1. The van der Waals surface area contributed by atoms with E-state index in [9.17, 15) is 5.11 Å². The van der Waals surface area contributed by atoms with Crippen molar-refractivity contribution in [3.63, 3.8) is 0 Å². The second kappa shape index (κ2) is 4.08. The van der Waals surface area contributed by atoms with Gasteiger partial charge < -0.3 is 5.11 Å². The average Bonchev–Trinajstić information content (AvgIpc) is 1.85. The minimum absolute atomic E-state index is 0.0364. The van der Waals surface area contributed by atoms with E-state index in [0.717, 1.165) is 12.3 Å². The monoisotopic (exact) mass is 268 g/mol. The quantitative estimate of drug-likeness (QED) is 0.572. The second-order valence-corrected chi connectivity index (χ2v) is 5.79. The third kappa shape index (κ3) is 2.58. The molecule has 0 aromatic rings. The molecule has 1 unspecified atom stereocenters. The zero-order valence-corrected chi connectivity index (χ0v) is 9.41. The molecular formula is C9H17IO. The van der Waals surface area contributed by atoms with Gasteiger partial charge in [-0.15, -0.1) is 0 Å². The summed E-state index contributed by atoms with van der Waals surface area (Å²) < 4.78 is 0.620. The summed E-state index contributed by atoms with van der Waals surface area (Å²) in [6, 6.07) is 0. The molecule has 0 amide bonds. The Morgan fingerprint density at radius 3 is 2.55 bits per heavy atom. The molecule has 1 aliphatic carbocycles. The van der Waals surface area contributed by atoms with E-state index in [4.69, 9.17) is 0 Å². The molecule has 0 radical (unpaired) electrons. The first kappa shape index (κ1) is 9.78. The Balaban J connectivity index is 2.44. The van der Waals surface area contributed by atoms with Crippen molar-refractivity contribution in [1.82, 2.24) is 0 Å².